The number of hydrogen-bond acceptors (Lipinski definition) is 14. The number of benzene rings is 6. The van der Waals surface area contributed by atoms with E-state index >= 15 is 0 Å². The van der Waals surface area contributed by atoms with E-state index in [1.54, 1.807) is 86.6 Å². The largest absolute Gasteiger partial charge is 0.494 e. The van der Waals surface area contributed by atoms with Gasteiger partial charge < -0.3 is 46.1 Å². The molecule has 0 aromatic heterocycles. The summed E-state index contributed by atoms with van der Waals surface area (Å²) in [5.41, 5.74) is 4.78. The van der Waals surface area contributed by atoms with Gasteiger partial charge in [0.15, 0.2) is 28.8 Å². The summed E-state index contributed by atoms with van der Waals surface area (Å²) in [6.07, 6.45) is 5.85. The highest BCUT2D eigenvalue weighted by molar-refractivity contribution is 6.87. The lowest BCUT2D eigenvalue weighted by molar-refractivity contribution is -0.151. The number of ether oxygens (including phenoxy) is 8. The van der Waals surface area contributed by atoms with E-state index < -0.39 is 61.3 Å². The average Bonchev–Trinajstić information content (AvgIpc) is 3.50. The van der Waals surface area contributed by atoms with E-state index in [1.807, 2.05) is 86.6 Å². The minimum Gasteiger partial charge on any atom is -0.494 e. The fraction of sp³-hybridized carbons (Fsp3) is 0.394. The van der Waals surface area contributed by atoms with Crippen LogP contribution in [0.15, 0.2) is 146 Å². The van der Waals surface area contributed by atoms with Crippen molar-refractivity contribution in [1.29, 1.82) is 0 Å². The maximum Gasteiger partial charge on any atom is 0.347 e. The van der Waals surface area contributed by atoms with Crippen molar-refractivity contribution < 1.29 is 65.3 Å². The van der Waals surface area contributed by atoms with Crippen LogP contribution in [0.25, 0.3) is 22.3 Å². The molecule has 0 bridgehead atoms. The van der Waals surface area contributed by atoms with E-state index in [4.69, 9.17) is 46.1 Å². The van der Waals surface area contributed by atoms with Crippen LogP contribution >= 0.6 is 0 Å². The molecule has 0 saturated carbocycles. The molecule has 2 atom stereocenters. The van der Waals surface area contributed by atoms with Gasteiger partial charge in [0, 0.05) is 0 Å². The minimum absolute atomic E-state index is 0.362. The molecule has 0 N–H and O–H groups in total. The van der Waals surface area contributed by atoms with Crippen LogP contribution in [-0.4, -0.2) is 87.7 Å². The van der Waals surface area contributed by atoms with Crippen molar-refractivity contribution in [2.24, 2.45) is 0 Å². The van der Waals surface area contributed by atoms with E-state index in [9.17, 15) is 19.2 Å². The van der Waals surface area contributed by atoms with E-state index in [2.05, 4.69) is 39.3 Å². The Morgan fingerprint density at radius 3 is 1.00 bits per heavy atom. The fourth-order valence-electron chi connectivity index (χ4n) is 9.10. The van der Waals surface area contributed by atoms with Crippen LogP contribution in [0.2, 0.25) is 51.4 Å². The topological polar surface area (TPSA) is 161 Å². The lowest BCUT2D eigenvalue weighted by Crippen LogP contribution is -2.52. The second-order valence-corrected chi connectivity index (χ2v) is 34.7. The molecule has 6 aromatic carbocycles. The Morgan fingerprint density at radius 2 is 0.675 bits per heavy atom. The van der Waals surface area contributed by atoms with Gasteiger partial charge in [-0.1, -0.05) is 88.1 Å². The summed E-state index contributed by atoms with van der Waals surface area (Å²) in [6.45, 7) is 22.9. The van der Waals surface area contributed by atoms with Gasteiger partial charge in [0.1, 0.15) is 34.5 Å². The van der Waals surface area contributed by atoms with Crippen LogP contribution in [0.5, 0.6) is 34.5 Å². The quantitative estimate of drug-likeness (QED) is 0.0162. The van der Waals surface area contributed by atoms with Gasteiger partial charge in [0.25, 0.3) is 0 Å². The molecule has 0 aliphatic heterocycles. The Morgan fingerprint density at radius 1 is 0.373 bits per heavy atom. The summed E-state index contributed by atoms with van der Waals surface area (Å²) in [4.78, 5) is 50.1. The normalized spacial score (nSPS) is 12.4. The van der Waals surface area contributed by atoms with Crippen molar-refractivity contribution in [2.75, 3.05) is 26.4 Å². The Kier molecular flexibility index (Phi) is 25.2. The minimum atomic E-state index is -2.37. The lowest BCUT2D eigenvalue weighted by atomic mass is 10.0. The van der Waals surface area contributed by atoms with E-state index in [0.29, 0.717) is 60.6 Å². The van der Waals surface area contributed by atoms with Crippen molar-refractivity contribution >= 4 is 49.1 Å². The number of rotatable bonds is 34. The van der Waals surface area contributed by atoms with E-state index in [-0.39, 0.29) is 0 Å². The SMILES string of the molecule is CCCCOC(=O)C(C)Oc1ccc(OC(=O)c2ccc(-c3ccc(OCCCC[Si](C)(C)O[Si](C)(C)O[Si](C)(C)CCCCOc4ccc(-c5ccc(C(=O)Oc6ccc(OC(C)C(=O)OCCCC)cc6)cc5)cc4)cc3)cc2)cc1. The molecule has 0 amide bonds. The second kappa shape index (κ2) is 32.1. The van der Waals surface area contributed by atoms with Crippen LogP contribution in [0.1, 0.15) is 99.8 Å². The van der Waals surface area contributed by atoms with Crippen LogP contribution in [0.3, 0.4) is 0 Å². The van der Waals surface area contributed by atoms with Gasteiger partial charge in [-0.25, -0.2) is 19.2 Å². The standard InChI is InChI=1S/C66H84O14Si3/c1-11-13-43-73-63(67)49(3)75-59-35-39-61(40-36-59)77-65(69)55-23-19-51(20-24-55)53-27-31-57(32-28-53)71-45-15-17-47-81(5,6)79-83(9,10)80-82(7,8)48-18-16-46-72-58-33-29-54(30-34-58)52-21-25-56(26-22-52)66(70)78-62-41-37-60(38-42-62)76-50(4)64(68)74-44-14-12-2/h19-42,49-50H,11-18,43-48H2,1-10H3. The van der Waals surface area contributed by atoms with Crippen molar-refractivity contribution in [3.8, 4) is 56.8 Å². The zero-order valence-corrected chi connectivity index (χ0v) is 53.1. The first-order valence-corrected chi connectivity index (χ1v) is 38.1. The summed E-state index contributed by atoms with van der Waals surface area (Å²) in [5.74, 6) is 1.48. The van der Waals surface area contributed by atoms with E-state index in [0.717, 1.165) is 97.2 Å². The molecule has 444 valence electrons. The highest BCUT2D eigenvalue weighted by Gasteiger charge is 2.39. The fourth-order valence-corrected chi connectivity index (χ4v) is 23.3. The summed E-state index contributed by atoms with van der Waals surface area (Å²) in [7, 11) is -6.36. The molecule has 0 aliphatic rings. The van der Waals surface area contributed by atoms with E-state index in [1.165, 1.54) is 0 Å². The van der Waals surface area contributed by atoms with Gasteiger partial charge in [0.05, 0.1) is 37.6 Å². The van der Waals surface area contributed by atoms with Gasteiger partial charge in [-0.15, -0.1) is 0 Å². The molecule has 17 heteroatoms. The van der Waals surface area contributed by atoms with Gasteiger partial charge >= 0.3 is 32.4 Å². The summed E-state index contributed by atoms with van der Waals surface area (Å²) < 4.78 is 59.0. The maximum atomic E-state index is 12.9. The Bertz CT molecular complexity index is 2750. The third kappa shape index (κ3) is 22.6. The molecule has 2 unspecified atom stereocenters. The maximum absolute atomic E-state index is 12.9. The molecule has 14 nitrogen and oxygen atoms in total. The third-order valence-electron chi connectivity index (χ3n) is 13.4. The monoisotopic (exact) mass is 1180 g/mol. The molecule has 0 heterocycles. The number of unbranched alkanes of at least 4 members (excludes halogenated alkanes) is 4. The first kappa shape index (κ1) is 65.1. The van der Waals surface area contributed by atoms with Crippen LogP contribution < -0.4 is 28.4 Å². The Balaban J connectivity index is 0.824. The van der Waals surface area contributed by atoms with Crippen LogP contribution in [0.4, 0.5) is 0 Å². The van der Waals surface area contributed by atoms with Gasteiger partial charge in [-0.3, -0.25) is 0 Å². The molecule has 0 radical (unpaired) electrons. The van der Waals surface area contributed by atoms with Crippen molar-refractivity contribution in [3.63, 3.8) is 0 Å². The lowest BCUT2D eigenvalue weighted by Gasteiger charge is -2.38. The molecule has 6 rings (SSSR count). The first-order valence-electron chi connectivity index (χ1n) is 29.1. The first-order chi connectivity index (χ1) is 39.7. The summed E-state index contributed by atoms with van der Waals surface area (Å²) in [5, 5.41) is 0. The Labute approximate surface area is 494 Å². The van der Waals surface area contributed by atoms with Crippen molar-refractivity contribution in [2.45, 2.75) is 143 Å². The highest BCUT2D eigenvalue weighted by atomic mass is 28.5. The Hall–Kier alpha value is -7.03. The molecular weight excluding hydrogens is 1100 g/mol. The van der Waals surface area contributed by atoms with Crippen LogP contribution in [0, 0.1) is 0 Å². The molecule has 83 heavy (non-hydrogen) atoms. The molecule has 6 aromatic rings. The predicted octanol–water partition coefficient (Wildman–Crippen LogP) is 15.8. The molecular formula is C66H84O14Si3. The third-order valence-corrected chi connectivity index (χ3v) is 24.9. The van der Waals surface area contributed by atoms with Crippen molar-refractivity contribution in [1.82, 2.24) is 0 Å². The molecule has 0 fully saturated rings. The molecule has 0 saturated heterocycles. The molecule has 0 aliphatic carbocycles. The average molecular weight is 1190 g/mol. The summed E-state index contributed by atoms with van der Waals surface area (Å²) >= 11 is 0. The summed E-state index contributed by atoms with van der Waals surface area (Å²) in [6, 6.07) is 45.7. The number of esters is 4. The predicted molar refractivity (Wildman–Crippen MR) is 332 cm³/mol. The van der Waals surface area contributed by atoms with Gasteiger partial charge in [0.2, 0.25) is 0 Å². The zero-order chi connectivity index (χ0) is 59.8. The molecule has 0 spiro atoms. The number of carbonyl (C=O) groups excluding carboxylic acids is 4. The second-order valence-electron chi connectivity index (χ2n) is 22.2. The van der Waals surface area contributed by atoms with Crippen molar-refractivity contribution in [3.05, 3.63) is 157 Å². The number of carbonyl (C=O) groups is 4. The zero-order valence-electron chi connectivity index (χ0n) is 50.1. The van der Waals surface area contributed by atoms with Gasteiger partial charge in [-0.05, 0) is 210 Å². The van der Waals surface area contributed by atoms with Crippen LogP contribution in [-0.2, 0) is 27.3 Å². The smallest absolute Gasteiger partial charge is 0.347 e. The highest BCUT2D eigenvalue weighted by Crippen LogP contribution is 2.30. The number of hydrogen-bond donors (Lipinski definition) is 0. The van der Waals surface area contributed by atoms with Gasteiger partial charge in [-0.2, -0.15) is 0 Å².